The number of H-pyrrole nitrogens is 1. The fourth-order valence-corrected chi connectivity index (χ4v) is 2.38. The zero-order valence-corrected chi connectivity index (χ0v) is 13.5. The molecular weight excluding hydrogens is 346 g/mol. The minimum Gasteiger partial charge on any atom is -0.304 e. The molecule has 0 unspecified atom stereocenters. The highest BCUT2D eigenvalue weighted by atomic mass is 79.9. The normalized spacial score (nSPS) is 10.6. The number of rotatable bonds is 4. The topological polar surface area (TPSA) is 75.6 Å². The number of carbonyl (C=O) groups is 1. The summed E-state index contributed by atoms with van der Waals surface area (Å²) in [5.41, 5.74) is 2.75. The highest BCUT2D eigenvalue weighted by molar-refractivity contribution is 9.10. The van der Waals surface area contributed by atoms with Crippen molar-refractivity contribution >= 4 is 27.7 Å². The molecule has 3 rings (SSSR count). The Morgan fingerprint density at radius 3 is 2.77 bits per heavy atom. The Kier molecular flexibility index (Phi) is 4.06. The van der Waals surface area contributed by atoms with Crippen LogP contribution in [-0.2, 0) is 6.54 Å². The van der Waals surface area contributed by atoms with Gasteiger partial charge in [0.25, 0.3) is 5.91 Å². The fraction of sp³-hybridized carbons (Fsp3) is 0.133. The fourth-order valence-electron chi connectivity index (χ4n) is 2.01. The molecule has 3 aromatic rings. The van der Waals surface area contributed by atoms with Gasteiger partial charge in [-0.05, 0) is 28.4 Å². The van der Waals surface area contributed by atoms with Crippen LogP contribution >= 0.6 is 15.9 Å². The van der Waals surface area contributed by atoms with Gasteiger partial charge in [-0.3, -0.25) is 14.6 Å². The molecule has 0 radical (unpaired) electrons. The summed E-state index contributed by atoms with van der Waals surface area (Å²) in [6, 6.07) is 10.0. The average Bonchev–Trinajstić information content (AvgIpc) is 3.10. The second-order valence-electron chi connectivity index (χ2n) is 4.93. The van der Waals surface area contributed by atoms with Crippen molar-refractivity contribution in [1.82, 2.24) is 20.0 Å². The summed E-state index contributed by atoms with van der Waals surface area (Å²) in [5, 5.41) is 13.5. The summed E-state index contributed by atoms with van der Waals surface area (Å²) >= 11 is 3.26. The molecule has 0 bridgehead atoms. The number of hydrogen-bond donors (Lipinski definition) is 2. The lowest BCUT2D eigenvalue weighted by molar-refractivity contribution is 0.102. The summed E-state index contributed by atoms with van der Waals surface area (Å²) in [7, 11) is 0. The van der Waals surface area contributed by atoms with E-state index in [2.05, 4.69) is 67.7 Å². The minimum absolute atomic E-state index is 0.287. The molecular formula is C15H14BrN5O. The van der Waals surface area contributed by atoms with Gasteiger partial charge in [0.15, 0.2) is 5.82 Å². The number of aromatic nitrogens is 4. The van der Waals surface area contributed by atoms with E-state index in [-0.39, 0.29) is 5.91 Å². The first-order valence-electron chi connectivity index (χ1n) is 6.71. The lowest BCUT2D eigenvalue weighted by Crippen LogP contribution is -2.14. The SMILES string of the molecule is Cc1ccc(Cn2ccc(NC(=O)c3[nH]ncc3Br)n2)cc1. The number of hydrogen-bond acceptors (Lipinski definition) is 3. The van der Waals surface area contributed by atoms with Crippen molar-refractivity contribution in [2.45, 2.75) is 13.5 Å². The van der Waals surface area contributed by atoms with Crippen molar-refractivity contribution < 1.29 is 4.79 Å². The lowest BCUT2D eigenvalue weighted by Gasteiger charge is -2.03. The third-order valence-electron chi connectivity index (χ3n) is 3.17. The molecule has 0 aliphatic carbocycles. The zero-order chi connectivity index (χ0) is 15.5. The maximum absolute atomic E-state index is 12.0. The van der Waals surface area contributed by atoms with Gasteiger partial charge in [0.2, 0.25) is 0 Å². The summed E-state index contributed by atoms with van der Waals surface area (Å²) in [4.78, 5) is 12.0. The van der Waals surface area contributed by atoms with E-state index in [1.54, 1.807) is 10.7 Å². The van der Waals surface area contributed by atoms with Gasteiger partial charge in [0.05, 0.1) is 17.2 Å². The highest BCUT2D eigenvalue weighted by Crippen LogP contribution is 2.14. The van der Waals surface area contributed by atoms with Crippen LogP contribution in [0.1, 0.15) is 21.6 Å². The predicted molar refractivity (Wildman–Crippen MR) is 86.7 cm³/mol. The van der Waals surface area contributed by atoms with E-state index in [9.17, 15) is 4.79 Å². The standard InChI is InChI=1S/C15H14BrN5O/c1-10-2-4-11(5-3-10)9-21-7-6-13(20-21)18-15(22)14-12(16)8-17-19-14/h2-8H,9H2,1H3,(H,17,19)(H,18,20,22). The van der Waals surface area contributed by atoms with Crippen LogP contribution in [-0.4, -0.2) is 25.9 Å². The number of amides is 1. The number of benzene rings is 1. The second kappa shape index (κ2) is 6.15. The first-order chi connectivity index (χ1) is 10.6. The van der Waals surface area contributed by atoms with Crippen LogP contribution in [0, 0.1) is 6.92 Å². The Labute approximate surface area is 135 Å². The van der Waals surface area contributed by atoms with Gasteiger partial charge < -0.3 is 5.32 Å². The van der Waals surface area contributed by atoms with E-state index in [4.69, 9.17) is 0 Å². The number of aryl methyl sites for hydroxylation is 1. The minimum atomic E-state index is -0.287. The molecule has 7 heteroatoms. The quantitative estimate of drug-likeness (QED) is 0.751. The van der Waals surface area contributed by atoms with Gasteiger partial charge in [0.1, 0.15) is 5.69 Å². The number of carbonyl (C=O) groups excluding carboxylic acids is 1. The highest BCUT2D eigenvalue weighted by Gasteiger charge is 2.13. The van der Waals surface area contributed by atoms with Gasteiger partial charge in [-0.1, -0.05) is 29.8 Å². The number of nitrogens with zero attached hydrogens (tertiary/aromatic N) is 3. The molecule has 112 valence electrons. The van der Waals surface area contributed by atoms with Crippen LogP contribution in [0.15, 0.2) is 47.2 Å². The van der Waals surface area contributed by atoms with Crippen molar-refractivity contribution in [1.29, 1.82) is 0 Å². The van der Waals surface area contributed by atoms with Crippen LogP contribution in [0.3, 0.4) is 0 Å². The van der Waals surface area contributed by atoms with E-state index in [1.165, 1.54) is 11.8 Å². The average molecular weight is 360 g/mol. The first kappa shape index (κ1) is 14.5. The smallest absolute Gasteiger partial charge is 0.276 e. The van der Waals surface area contributed by atoms with Crippen LogP contribution in [0.2, 0.25) is 0 Å². The van der Waals surface area contributed by atoms with Gasteiger partial charge in [-0.25, -0.2) is 0 Å². The number of nitrogens with one attached hydrogen (secondary N) is 2. The van der Waals surface area contributed by atoms with Crippen LogP contribution in [0.5, 0.6) is 0 Å². The van der Waals surface area contributed by atoms with E-state index < -0.39 is 0 Å². The van der Waals surface area contributed by atoms with E-state index in [1.807, 2.05) is 6.20 Å². The van der Waals surface area contributed by atoms with Gasteiger partial charge in [-0.15, -0.1) is 0 Å². The Hall–Kier alpha value is -2.41. The van der Waals surface area contributed by atoms with Crippen LogP contribution < -0.4 is 5.32 Å². The zero-order valence-electron chi connectivity index (χ0n) is 11.9. The van der Waals surface area contributed by atoms with Crippen molar-refractivity contribution in [3.05, 3.63) is 64.0 Å². The molecule has 1 aromatic carbocycles. The van der Waals surface area contributed by atoms with Crippen LogP contribution in [0.25, 0.3) is 0 Å². The molecule has 0 aliphatic heterocycles. The van der Waals surface area contributed by atoms with E-state index in [0.717, 1.165) is 5.56 Å². The van der Waals surface area contributed by atoms with Gasteiger partial charge in [0, 0.05) is 12.3 Å². The Bertz CT molecular complexity index is 790. The summed E-state index contributed by atoms with van der Waals surface area (Å²) in [5.74, 6) is 0.212. The molecule has 2 N–H and O–H groups in total. The molecule has 0 spiro atoms. The Balaban J connectivity index is 1.67. The van der Waals surface area contributed by atoms with Gasteiger partial charge >= 0.3 is 0 Å². The van der Waals surface area contributed by atoms with E-state index >= 15 is 0 Å². The number of aromatic amines is 1. The number of halogens is 1. The van der Waals surface area contributed by atoms with Crippen molar-refractivity contribution in [2.24, 2.45) is 0 Å². The molecule has 0 atom stereocenters. The summed E-state index contributed by atoms with van der Waals surface area (Å²) in [6.45, 7) is 2.71. The molecule has 0 saturated carbocycles. The molecule has 2 aromatic heterocycles. The molecule has 0 saturated heterocycles. The second-order valence-corrected chi connectivity index (χ2v) is 5.79. The maximum Gasteiger partial charge on any atom is 0.276 e. The molecule has 22 heavy (non-hydrogen) atoms. The predicted octanol–water partition coefficient (Wildman–Crippen LogP) is 2.98. The largest absolute Gasteiger partial charge is 0.304 e. The first-order valence-corrected chi connectivity index (χ1v) is 7.50. The Morgan fingerprint density at radius 2 is 2.09 bits per heavy atom. The van der Waals surface area contributed by atoms with Crippen molar-refractivity contribution in [2.75, 3.05) is 5.32 Å². The molecule has 6 nitrogen and oxygen atoms in total. The lowest BCUT2D eigenvalue weighted by atomic mass is 10.1. The number of anilines is 1. The monoisotopic (exact) mass is 359 g/mol. The van der Waals surface area contributed by atoms with Gasteiger partial charge in [-0.2, -0.15) is 10.2 Å². The summed E-state index contributed by atoms with van der Waals surface area (Å²) < 4.78 is 2.39. The third kappa shape index (κ3) is 3.25. The Morgan fingerprint density at radius 1 is 1.32 bits per heavy atom. The van der Waals surface area contributed by atoms with E-state index in [0.29, 0.717) is 22.5 Å². The van der Waals surface area contributed by atoms with Crippen molar-refractivity contribution in [3.8, 4) is 0 Å². The van der Waals surface area contributed by atoms with Crippen molar-refractivity contribution in [3.63, 3.8) is 0 Å². The molecule has 0 aliphatic rings. The molecule has 2 heterocycles. The summed E-state index contributed by atoms with van der Waals surface area (Å²) in [6.07, 6.45) is 3.36. The maximum atomic E-state index is 12.0. The molecule has 1 amide bonds. The third-order valence-corrected chi connectivity index (χ3v) is 3.77. The molecule has 0 fully saturated rings. The van der Waals surface area contributed by atoms with Crippen LogP contribution in [0.4, 0.5) is 5.82 Å².